The number of hydrogen-bond donors (Lipinski definition) is 1. The topological polar surface area (TPSA) is 29.1 Å². The van der Waals surface area contributed by atoms with Gasteiger partial charge in [0.2, 0.25) is 5.91 Å². The molecule has 0 fully saturated rings. The molecule has 0 aromatic rings. The Kier molecular flexibility index (Phi) is 7.29. The number of amides is 1. The van der Waals surface area contributed by atoms with Crippen LogP contribution in [0.1, 0.15) is 47.5 Å². The van der Waals surface area contributed by atoms with Crippen LogP contribution in [0.15, 0.2) is 0 Å². The third-order valence-electron chi connectivity index (χ3n) is 3.83. The van der Waals surface area contributed by atoms with Crippen LogP contribution in [0, 0.1) is 17.3 Å². The number of carbonyl (C=O) groups excluding carboxylic acids is 1. The number of nitrogens with one attached hydrogen (secondary N) is 1. The monoisotopic (exact) mass is 291 g/mol. The van der Waals surface area contributed by atoms with Crippen LogP contribution in [0.25, 0.3) is 0 Å². The molecule has 0 saturated carbocycles. The lowest BCUT2D eigenvalue weighted by Crippen LogP contribution is -2.41. The second-order valence-corrected chi connectivity index (χ2v) is 5.65. The summed E-state index contributed by atoms with van der Waals surface area (Å²) in [5, 5.41) is 4.04. The lowest BCUT2D eigenvalue weighted by atomic mass is 9.84. The fourth-order valence-electron chi connectivity index (χ4n) is 1.47. The lowest BCUT2D eigenvalue weighted by molar-refractivity contribution is -0.126. The van der Waals surface area contributed by atoms with Crippen molar-refractivity contribution in [3.63, 3.8) is 0 Å². The molecule has 0 aliphatic heterocycles. The highest BCUT2D eigenvalue weighted by Gasteiger charge is 2.26. The molecule has 0 bridgehead atoms. The van der Waals surface area contributed by atoms with Gasteiger partial charge in [-0.1, -0.05) is 50.5 Å². The molecule has 2 nitrogen and oxygen atoms in total. The highest BCUT2D eigenvalue weighted by molar-refractivity contribution is 9.09. The summed E-state index contributed by atoms with van der Waals surface area (Å²) >= 11 is 3.56. The van der Waals surface area contributed by atoms with E-state index in [9.17, 15) is 4.79 Å². The molecule has 3 heteroatoms. The largest absolute Gasteiger partial charge is 0.355 e. The SMILES string of the molecule is CCC(CC)(CBr)CNC(=O)C(C)C(C)C. The normalized spacial score (nSPS) is 13.9. The Balaban J connectivity index is 4.26. The molecule has 96 valence electrons. The predicted octanol–water partition coefficient (Wildman–Crippen LogP) is 3.60. The van der Waals surface area contributed by atoms with E-state index >= 15 is 0 Å². The van der Waals surface area contributed by atoms with E-state index in [1.54, 1.807) is 0 Å². The van der Waals surface area contributed by atoms with E-state index < -0.39 is 0 Å². The van der Waals surface area contributed by atoms with Gasteiger partial charge in [0.25, 0.3) is 0 Å². The molecule has 0 spiro atoms. The Morgan fingerprint density at radius 2 is 1.75 bits per heavy atom. The first-order chi connectivity index (χ1) is 7.42. The third kappa shape index (κ3) is 4.44. The minimum atomic E-state index is 0.0988. The van der Waals surface area contributed by atoms with Crippen molar-refractivity contribution >= 4 is 21.8 Å². The summed E-state index contributed by atoms with van der Waals surface area (Å²) in [5.41, 5.74) is 0.215. The molecular formula is C13H26BrNO. The molecule has 1 N–H and O–H groups in total. The minimum Gasteiger partial charge on any atom is -0.355 e. The van der Waals surface area contributed by atoms with Gasteiger partial charge in [-0.3, -0.25) is 4.79 Å². The fourth-order valence-corrected chi connectivity index (χ4v) is 2.47. The van der Waals surface area contributed by atoms with E-state index in [-0.39, 0.29) is 17.2 Å². The van der Waals surface area contributed by atoms with E-state index in [1.165, 1.54) is 0 Å². The fraction of sp³-hybridized carbons (Fsp3) is 0.923. The Morgan fingerprint density at radius 3 is 2.06 bits per heavy atom. The smallest absolute Gasteiger partial charge is 0.223 e. The Labute approximate surface area is 109 Å². The second-order valence-electron chi connectivity index (χ2n) is 5.09. The number of rotatable bonds is 7. The molecule has 1 amide bonds. The summed E-state index contributed by atoms with van der Waals surface area (Å²) in [7, 11) is 0. The average Bonchev–Trinajstić information content (AvgIpc) is 2.30. The van der Waals surface area contributed by atoms with Crippen molar-refractivity contribution in [1.29, 1.82) is 0 Å². The van der Waals surface area contributed by atoms with Crippen molar-refractivity contribution in [1.82, 2.24) is 5.32 Å². The molecule has 0 aliphatic rings. The predicted molar refractivity (Wildman–Crippen MR) is 73.8 cm³/mol. The van der Waals surface area contributed by atoms with Crippen LogP contribution in [0.4, 0.5) is 0 Å². The molecular weight excluding hydrogens is 266 g/mol. The summed E-state index contributed by atoms with van der Waals surface area (Å²) < 4.78 is 0. The van der Waals surface area contributed by atoms with Gasteiger partial charge in [0.15, 0.2) is 0 Å². The molecule has 0 aromatic carbocycles. The van der Waals surface area contributed by atoms with Gasteiger partial charge >= 0.3 is 0 Å². The molecule has 16 heavy (non-hydrogen) atoms. The van der Waals surface area contributed by atoms with Crippen molar-refractivity contribution < 1.29 is 4.79 Å². The summed E-state index contributed by atoms with van der Waals surface area (Å²) in [6, 6.07) is 0. The van der Waals surface area contributed by atoms with Crippen LogP contribution < -0.4 is 5.32 Å². The van der Waals surface area contributed by atoms with E-state index in [0.29, 0.717) is 5.92 Å². The lowest BCUT2D eigenvalue weighted by Gasteiger charge is -2.30. The molecule has 0 aliphatic carbocycles. The van der Waals surface area contributed by atoms with Crippen LogP contribution in [0.5, 0.6) is 0 Å². The molecule has 0 heterocycles. The van der Waals surface area contributed by atoms with Crippen LogP contribution in [0.2, 0.25) is 0 Å². The van der Waals surface area contributed by atoms with Gasteiger partial charge in [-0.2, -0.15) is 0 Å². The van der Waals surface area contributed by atoms with Crippen LogP contribution in [-0.2, 0) is 4.79 Å². The van der Waals surface area contributed by atoms with E-state index in [4.69, 9.17) is 0 Å². The Bertz CT molecular complexity index is 204. The van der Waals surface area contributed by atoms with Crippen LogP contribution >= 0.6 is 15.9 Å². The molecule has 0 saturated heterocycles. The van der Waals surface area contributed by atoms with Crippen molar-refractivity contribution in [2.45, 2.75) is 47.5 Å². The maximum absolute atomic E-state index is 11.9. The number of halogens is 1. The summed E-state index contributed by atoms with van der Waals surface area (Å²) in [5.74, 6) is 0.686. The zero-order valence-corrected chi connectivity index (χ0v) is 12.9. The first kappa shape index (κ1) is 16.0. The molecule has 0 radical (unpaired) electrons. The number of carbonyl (C=O) groups is 1. The highest BCUT2D eigenvalue weighted by atomic mass is 79.9. The van der Waals surface area contributed by atoms with Gasteiger partial charge in [0.1, 0.15) is 0 Å². The van der Waals surface area contributed by atoms with Gasteiger partial charge < -0.3 is 5.32 Å². The first-order valence-electron chi connectivity index (χ1n) is 6.26. The van der Waals surface area contributed by atoms with Gasteiger partial charge in [0, 0.05) is 17.8 Å². The van der Waals surface area contributed by atoms with Crippen molar-refractivity contribution in [2.75, 3.05) is 11.9 Å². The first-order valence-corrected chi connectivity index (χ1v) is 7.38. The third-order valence-corrected chi connectivity index (χ3v) is 5.02. The Morgan fingerprint density at radius 1 is 1.25 bits per heavy atom. The summed E-state index contributed by atoms with van der Waals surface area (Å²) in [6.45, 7) is 11.3. The Hall–Kier alpha value is -0.0500. The highest BCUT2D eigenvalue weighted by Crippen LogP contribution is 2.27. The van der Waals surface area contributed by atoms with Gasteiger partial charge in [-0.25, -0.2) is 0 Å². The second kappa shape index (κ2) is 7.31. The molecule has 1 unspecified atom stereocenters. The van der Waals surface area contributed by atoms with Gasteiger partial charge in [-0.15, -0.1) is 0 Å². The maximum atomic E-state index is 11.9. The maximum Gasteiger partial charge on any atom is 0.223 e. The molecule has 1 atom stereocenters. The van der Waals surface area contributed by atoms with E-state index in [1.807, 2.05) is 6.92 Å². The molecule has 0 aromatic heterocycles. The average molecular weight is 292 g/mol. The minimum absolute atomic E-state index is 0.0988. The zero-order valence-electron chi connectivity index (χ0n) is 11.3. The van der Waals surface area contributed by atoms with Crippen LogP contribution in [-0.4, -0.2) is 17.8 Å². The van der Waals surface area contributed by atoms with Gasteiger partial charge in [0.05, 0.1) is 0 Å². The van der Waals surface area contributed by atoms with Crippen molar-refractivity contribution in [3.8, 4) is 0 Å². The standard InChI is InChI=1S/C13H26BrNO/c1-6-13(7-2,8-14)9-15-12(16)11(5)10(3)4/h10-11H,6-9H2,1-5H3,(H,15,16). The summed E-state index contributed by atoms with van der Waals surface area (Å²) in [4.78, 5) is 11.9. The van der Waals surface area contributed by atoms with Crippen molar-refractivity contribution in [2.24, 2.45) is 17.3 Å². The molecule has 0 rings (SSSR count). The zero-order chi connectivity index (χ0) is 12.8. The van der Waals surface area contributed by atoms with Crippen LogP contribution in [0.3, 0.4) is 0 Å². The number of hydrogen-bond acceptors (Lipinski definition) is 1. The van der Waals surface area contributed by atoms with E-state index in [2.05, 4.69) is 48.9 Å². The number of alkyl halides is 1. The quantitative estimate of drug-likeness (QED) is 0.714. The summed E-state index contributed by atoms with van der Waals surface area (Å²) in [6.07, 6.45) is 2.18. The van der Waals surface area contributed by atoms with Gasteiger partial charge in [-0.05, 0) is 24.2 Å². The van der Waals surface area contributed by atoms with E-state index in [0.717, 1.165) is 24.7 Å². The van der Waals surface area contributed by atoms with Crippen molar-refractivity contribution in [3.05, 3.63) is 0 Å².